The number of carbonyl (C=O) groups is 1. The standard InChI is InChI=1S/C18H26N6O3/c1-18(2,3)21-9-13(26)10-27-16-6-4-12(20-11-25)8-14(16)15-5-7-17(22-19)24-23-15/h4-8,11,13,21,26H,9-10,19H2,1-3H3,(H,20,25)(H,22,24). The summed E-state index contributed by atoms with van der Waals surface area (Å²) in [6.45, 7) is 6.58. The van der Waals surface area contributed by atoms with Crippen LogP contribution in [0.3, 0.4) is 0 Å². The van der Waals surface area contributed by atoms with Crippen molar-refractivity contribution in [2.45, 2.75) is 32.4 Å². The van der Waals surface area contributed by atoms with Gasteiger partial charge in [-0.25, -0.2) is 5.84 Å². The van der Waals surface area contributed by atoms with Crippen LogP contribution in [0.4, 0.5) is 11.5 Å². The quantitative estimate of drug-likeness (QED) is 0.250. The summed E-state index contributed by atoms with van der Waals surface area (Å²) in [6, 6.07) is 8.54. The Hall–Kier alpha value is -2.75. The number of nitrogens with two attached hydrogens (primary N) is 1. The molecule has 27 heavy (non-hydrogen) atoms. The van der Waals surface area contributed by atoms with Gasteiger partial charge in [-0.15, -0.1) is 10.2 Å². The van der Waals surface area contributed by atoms with Crippen molar-refractivity contribution in [1.29, 1.82) is 0 Å². The molecule has 1 unspecified atom stereocenters. The summed E-state index contributed by atoms with van der Waals surface area (Å²) in [5.74, 6) is 6.25. The number of carbonyl (C=O) groups excluding carboxylic acids is 1. The summed E-state index contributed by atoms with van der Waals surface area (Å²) in [7, 11) is 0. The molecule has 1 heterocycles. The number of hydrazine groups is 1. The number of β-amino-alcohol motifs (C(OH)–C–C–N with tert-alkyl or cyclic N) is 1. The molecule has 9 heteroatoms. The zero-order valence-corrected chi connectivity index (χ0v) is 15.7. The first-order valence-corrected chi connectivity index (χ1v) is 8.53. The van der Waals surface area contributed by atoms with Crippen molar-refractivity contribution in [3.8, 4) is 17.0 Å². The molecule has 1 atom stereocenters. The lowest BCUT2D eigenvalue weighted by atomic mass is 10.1. The van der Waals surface area contributed by atoms with Crippen LogP contribution in [0, 0.1) is 0 Å². The lowest BCUT2D eigenvalue weighted by molar-refractivity contribution is -0.105. The van der Waals surface area contributed by atoms with Crippen LogP contribution in [0.2, 0.25) is 0 Å². The molecule has 0 fully saturated rings. The number of benzene rings is 1. The molecule has 0 saturated carbocycles. The number of aliphatic hydroxyl groups is 1. The van der Waals surface area contributed by atoms with Crippen LogP contribution >= 0.6 is 0 Å². The molecule has 0 aliphatic rings. The fourth-order valence-corrected chi connectivity index (χ4v) is 2.24. The Morgan fingerprint density at radius 2 is 2.04 bits per heavy atom. The summed E-state index contributed by atoms with van der Waals surface area (Å²) in [6.07, 6.45) is -0.0888. The summed E-state index contributed by atoms with van der Waals surface area (Å²) >= 11 is 0. The van der Waals surface area contributed by atoms with E-state index in [1.165, 1.54) is 0 Å². The molecule has 146 valence electrons. The fourth-order valence-electron chi connectivity index (χ4n) is 2.24. The van der Waals surface area contributed by atoms with E-state index in [2.05, 4.69) is 26.3 Å². The fraction of sp³-hybridized carbons (Fsp3) is 0.389. The van der Waals surface area contributed by atoms with Gasteiger partial charge in [0, 0.05) is 23.3 Å². The number of amides is 1. The van der Waals surface area contributed by atoms with E-state index in [0.29, 0.717) is 41.5 Å². The van der Waals surface area contributed by atoms with E-state index in [0.717, 1.165) is 0 Å². The highest BCUT2D eigenvalue weighted by molar-refractivity contribution is 5.78. The highest BCUT2D eigenvalue weighted by Crippen LogP contribution is 2.31. The SMILES string of the molecule is CC(C)(C)NCC(O)COc1ccc(NC=O)cc1-c1ccc(NN)nn1. The van der Waals surface area contributed by atoms with E-state index in [4.69, 9.17) is 10.6 Å². The third-order valence-corrected chi connectivity index (χ3v) is 3.59. The molecule has 0 aliphatic carbocycles. The van der Waals surface area contributed by atoms with E-state index >= 15 is 0 Å². The average Bonchev–Trinajstić information content (AvgIpc) is 2.65. The predicted molar refractivity (Wildman–Crippen MR) is 104 cm³/mol. The Labute approximate surface area is 158 Å². The van der Waals surface area contributed by atoms with Gasteiger partial charge in [-0.3, -0.25) is 4.79 Å². The van der Waals surface area contributed by atoms with Crippen LogP contribution in [0.15, 0.2) is 30.3 Å². The highest BCUT2D eigenvalue weighted by atomic mass is 16.5. The summed E-state index contributed by atoms with van der Waals surface area (Å²) in [5, 5.41) is 24.0. The van der Waals surface area contributed by atoms with E-state index in [1.807, 2.05) is 20.8 Å². The number of ether oxygens (including phenoxy) is 1. The second kappa shape index (κ2) is 9.26. The molecule has 0 aliphatic heterocycles. The summed E-state index contributed by atoms with van der Waals surface area (Å²) < 4.78 is 5.79. The van der Waals surface area contributed by atoms with Crippen molar-refractivity contribution in [1.82, 2.24) is 15.5 Å². The van der Waals surface area contributed by atoms with Crippen molar-refractivity contribution < 1.29 is 14.6 Å². The number of aromatic nitrogens is 2. The average molecular weight is 374 g/mol. The van der Waals surface area contributed by atoms with Crippen molar-refractivity contribution in [3.63, 3.8) is 0 Å². The zero-order valence-electron chi connectivity index (χ0n) is 15.7. The molecular weight excluding hydrogens is 348 g/mol. The molecule has 1 amide bonds. The van der Waals surface area contributed by atoms with Gasteiger partial charge in [0.15, 0.2) is 5.82 Å². The van der Waals surface area contributed by atoms with Gasteiger partial charge in [0.25, 0.3) is 0 Å². The monoisotopic (exact) mass is 374 g/mol. The van der Waals surface area contributed by atoms with E-state index in [1.54, 1.807) is 30.3 Å². The zero-order chi connectivity index (χ0) is 19.9. The van der Waals surface area contributed by atoms with Gasteiger partial charge in [-0.1, -0.05) is 0 Å². The number of anilines is 2. The van der Waals surface area contributed by atoms with Gasteiger partial charge < -0.3 is 25.9 Å². The highest BCUT2D eigenvalue weighted by Gasteiger charge is 2.15. The van der Waals surface area contributed by atoms with E-state index in [9.17, 15) is 9.90 Å². The number of rotatable bonds is 9. The number of nitrogens with zero attached hydrogens (tertiary/aromatic N) is 2. The molecule has 2 aromatic rings. The lowest BCUT2D eigenvalue weighted by Gasteiger charge is -2.23. The number of aliphatic hydroxyl groups excluding tert-OH is 1. The molecule has 0 radical (unpaired) electrons. The maximum Gasteiger partial charge on any atom is 0.211 e. The Kier molecular flexibility index (Phi) is 7.05. The molecule has 9 nitrogen and oxygen atoms in total. The van der Waals surface area contributed by atoms with Crippen LogP contribution in [-0.4, -0.2) is 46.5 Å². The first-order valence-electron chi connectivity index (χ1n) is 8.53. The van der Waals surface area contributed by atoms with E-state index in [-0.39, 0.29) is 12.1 Å². The van der Waals surface area contributed by atoms with Crippen LogP contribution < -0.4 is 26.6 Å². The minimum atomic E-state index is -0.681. The Balaban J connectivity index is 2.17. The molecule has 0 bridgehead atoms. The largest absolute Gasteiger partial charge is 0.490 e. The Bertz CT molecular complexity index is 746. The second-order valence-electron chi connectivity index (χ2n) is 7.02. The third-order valence-electron chi connectivity index (χ3n) is 3.59. The first-order chi connectivity index (χ1) is 12.8. The smallest absolute Gasteiger partial charge is 0.211 e. The number of nitrogens with one attached hydrogen (secondary N) is 3. The van der Waals surface area contributed by atoms with Gasteiger partial charge in [0.2, 0.25) is 6.41 Å². The summed E-state index contributed by atoms with van der Waals surface area (Å²) in [5.41, 5.74) is 4.08. The van der Waals surface area contributed by atoms with Gasteiger partial charge in [-0.05, 0) is 51.1 Å². The molecule has 0 saturated heterocycles. The molecule has 1 aromatic carbocycles. The number of nitrogen functional groups attached to an aromatic ring is 1. The first kappa shape index (κ1) is 20.6. The van der Waals surface area contributed by atoms with Gasteiger partial charge >= 0.3 is 0 Å². The minimum Gasteiger partial charge on any atom is -0.490 e. The van der Waals surface area contributed by atoms with Crippen LogP contribution in [0.1, 0.15) is 20.8 Å². The normalized spacial score (nSPS) is 12.3. The number of hydrogen-bond acceptors (Lipinski definition) is 8. The molecule has 1 aromatic heterocycles. The van der Waals surface area contributed by atoms with Gasteiger partial charge in [0.05, 0.1) is 5.69 Å². The van der Waals surface area contributed by atoms with E-state index < -0.39 is 6.10 Å². The topological polar surface area (TPSA) is 134 Å². The van der Waals surface area contributed by atoms with Gasteiger partial charge in [0.1, 0.15) is 18.5 Å². The lowest BCUT2D eigenvalue weighted by Crippen LogP contribution is -2.42. The molecule has 6 N–H and O–H groups in total. The summed E-state index contributed by atoms with van der Waals surface area (Å²) in [4.78, 5) is 10.7. The maximum absolute atomic E-state index is 10.7. The maximum atomic E-state index is 10.7. The van der Waals surface area contributed by atoms with Crippen molar-refractivity contribution >= 4 is 17.9 Å². The van der Waals surface area contributed by atoms with Crippen LogP contribution in [0.5, 0.6) is 5.75 Å². The molecule has 2 rings (SSSR count). The second-order valence-corrected chi connectivity index (χ2v) is 7.02. The van der Waals surface area contributed by atoms with Crippen molar-refractivity contribution in [2.24, 2.45) is 5.84 Å². The molecule has 0 spiro atoms. The van der Waals surface area contributed by atoms with Crippen LogP contribution in [0.25, 0.3) is 11.3 Å². The molecular formula is C18H26N6O3. The van der Waals surface area contributed by atoms with Crippen LogP contribution in [-0.2, 0) is 4.79 Å². The minimum absolute atomic E-state index is 0.0946. The van der Waals surface area contributed by atoms with Crippen molar-refractivity contribution in [3.05, 3.63) is 30.3 Å². The third kappa shape index (κ3) is 6.48. The Morgan fingerprint density at radius 1 is 1.26 bits per heavy atom. The van der Waals surface area contributed by atoms with Gasteiger partial charge in [-0.2, -0.15) is 0 Å². The van der Waals surface area contributed by atoms with Crippen molar-refractivity contribution in [2.75, 3.05) is 23.9 Å². The Morgan fingerprint density at radius 3 is 2.63 bits per heavy atom. The predicted octanol–water partition coefficient (Wildman–Crippen LogP) is 1.13. The number of hydrogen-bond donors (Lipinski definition) is 5.